The van der Waals surface area contributed by atoms with E-state index in [9.17, 15) is 59.3 Å². The minimum atomic E-state index is -1.94. The van der Waals surface area contributed by atoms with Crippen LogP contribution in [0.3, 0.4) is 0 Å². The Kier molecular flexibility index (Phi) is 28.1. The normalized spacial score (nSPS) is 21.5. The molecule has 29 nitrogen and oxygen atoms in total. The van der Waals surface area contributed by atoms with E-state index in [4.69, 9.17) is 42.6 Å². The van der Waals surface area contributed by atoms with Gasteiger partial charge in [-0.05, 0) is 152 Å². The van der Waals surface area contributed by atoms with Gasteiger partial charge in [0.1, 0.15) is 65.3 Å². The van der Waals surface area contributed by atoms with Gasteiger partial charge in [-0.3, -0.25) is 14.9 Å². The van der Waals surface area contributed by atoms with Crippen molar-refractivity contribution in [2.45, 2.75) is 218 Å². The summed E-state index contributed by atoms with van der Waals surface area (Å²) in [4.78, 5) is 90.2. The third kappa shape index (κ3) is 26.7. The Morgan fingerprint density at radius 1 is 0.750 bits per heavy atom. The molecule has 1 saturated carbocycles. The van der Waals surface area contributed by atoms with Gasteiger partial charge in [-0.15, -0.1) is 0 Å². The molecule has 1 aromatic rings. The van der Waals surface area contributed by atoms with Gasteiger partial charge in [0.25, 0.3) is 5.69 Å². The van der Waals surface area contributed by atoms with Crippen molar-refractivity contribution in [3.05, 3.63) is 51.8 Å². The number of aliphatic hydroxyl groups excluding tert-OH is 4. The highest BCUT2D eigenvalue weighted by molar-refractivity contribution is 5.81. The number of nitro benzene ring substituents is 1. The number of hydrogen-bond acceptors (Lipinski definition) is 22. The SMILES string of the molecule is C[C@@H]([C@@H](O)[C@H](OCCO)O[C@@H]1[C@@H](O)[C@H](O[C@H]2OC(CNC(=O)OCc3ccc([N+](=O)[O-])cc3)=CC[C@H]2NCCCCNC(=O)OC(C)(C)C)[C@@H](NC(=O)OC(C)(C)C)C[C@H]1NC(=O)[C@@H](O)CCNC(=O)OC(C)(C)C)N(C)C(=O)OC(C)(C)C. The van der Waals surface area contributed by atoms with Crippen molar-refractivity contribution in [2.75, 3.05) is 46.4 Å². The van der Waals surface area contributed by atoms with E-state index in [1.807, 2.05) is 0 Å². The zero-order valence-electron chi connectivity index (χ0n) is 50.8. The van der Waals surface area contributed by atoms with Crippen LogP contribution < -0.4 is 31.9 Å². The molecule has 0 spiro atoms. The first-order valence-electron chi connectivity index (χ1n) is 28.0. The average Bonchev–Trinajstić information content (AvgIpc) is 1.67. The second-order valence-electron chi connectivity index (χ2n) is 24.3. The highest BCUT2D eigenvalue weighted by Crippen LogP contribution is 2.32. The van der Waals surface area contributed by atoms with Crippen LogP contribution in [-0.2, 0) is 54.0 Å². The van der Waals surface area contributed by atoms with Crippen molar-refractivity contribution in [2.24, 2.45) is 0 Å². The van der Waals surface area contributed by atoms with Gasteiger partial charge in [-0.1, -0.05) is 0 Å². The summed E-state index contributed by atoms with van der Waals surface area (Å²) in [6.07, 6.45) is -13.7. The number of alkyl carbamates (subject to hydrolysis) is 4. The van der Waals surface area contributed by atoms with E-state index in [1.54, 1.807) is 89.2 Å². The van der Waals surface area contributed by atoms with Gasteiger partial charge >= 0.3 is 30.5 Å². The number of nitro groups is 1. The number of carbonyl (C=O) groups is 6. The molecular formula is C55H92N8O21. The first kappa shape index (κ1) is 71.9. The van der Waals surface area contributed by atoms with Crippen LogP contribution in [0.4, 0.5) is 29.7 Å². The van der Waals surface area contributed by atoms with Crippen LogP contribution in [0.15, 0.2) is 36.1 Å². The molecule has 1 aliphatic carbocycles. The van der Waals surface area contributed by atoms with E-state index in [-0.39, 0.29) is 57.0 Å². The maximum absolute atomic E-state index is 14.0. The van der Waals surface area contributed by atoms with E-state index < -0.39 is 144 Å². The lowest BCUT2D eigenvalue weighted by Crippen LogP contribution is -2.68. The molecule has 2 aliphatic rings. The minimum Gasteiger partial charge on any atom is -0.466 e. The molecule has 0 radical (unpaired) electrons. The zero-order valence-corrected chi connectivity index (χ0v) is 50.8. The summed E-state index contributed by atoms with van der Waals surface area (Å²) in [5.74, 6) is -0.839. The highest BCUT2D eigenvalue weighted by atomic mass is 16.7. The molecule has 0 unspecified atom stereocenters. The number of rotatable bonds is 27. The Hall–Kier alpha value is -6.34. The largest absolute Gasteiger partial charge is 0.466 e. The first-order chi connectivity index (χ1) is 38.9. The molecule has 84 heavy (non-hydrogen) atoms. The van der Waals surface area contributed by atoms with E-state index in [0.29, 0.717) is 24.9 Å². The summed E-state index contributed by atoms with van der Waals surface area (Å²) in [6.45, 7) is 20.4. The van der Waals surface area contributed by atoms with Crippen LogP contribution in [0.25, 0.3) is 0 Å². The molecule has 6 amide bonds. The molecule has 29 heteroatoms. The monoisotopic (exact) mass is 1200 g/mol. The maximum Gasteiger partial charge on any atom is 0.410 e. The first-order valence-corrected chi connectivity index (χ1v) is 28.0. The number of aliphatic hydroxyl groups is 4. The molecule has 1 fully saturated rings. The van der Waals surface area contributed by atoms with Crippen LogP contribution >= 0.6 is 0 Å². The van der Waals surface area contributed by atoms with Crippen LogP contribution in [0.5, 0.6) is 0 Å². The summed E-state index contributed by atoms with van der Waals surface area (Å²) in [6, 6.07) is 0.878. The number of likely N-dealkylation sites (N-methyl/N-ethyl adjacent to an activating group) is 1. The molecule has 10 N–H and O–H groups in total. The number of carbonyl (C=O) groups excluding carboxylic acids is 6. The number of non-ortho nitro benzene ring substituents is 1. The Morgan fingerprint density at radius 2 is 1.31 bits per heavy atom. The Morgan fingerprint density at radius 3 is 1.88 bits per heavy atom. The number of hydrogen-bond donors (Lipinski definition) is 10. The summed E-state index contributed by atoms with van der Waals surface area (Å²) in [7, 11) is 1.36. The van der Waals surface area contributed by atoms with E-state index in [2.05, 4.69) is 31.9 Å². The number of ether oxygens (including phenoxy) is 9. The standard InChI is InChI=1S/C55H92N8O21/c1-32(62(14)51(73)84-55(11,12)13)40(66)46(76-28-27-64)80-42-37(60-44(68)39(65)23-26-58-49(71)82-53(5,6)7)29-38(61-50(72)83-54(8,9)10)43(41(42)67)79-45-36(56-24-15-16-25-57-48(70)81-52(2,3)4)22-21-35(78-45)30-59-47(69)77-31-33-17-19-34(20-18-33)63(74)75/h17-21,32,36-43,45-46,56,64-67H,15-16,22-31H2,1-14H3,(H,57,70)(H,58,71)(H,59,69)(H,60,68)(H,61,72)/t32-,36+,37+,38-,39-,40+,41+,42-,43+,45+,46+/m0/s1. The lowest BCUT2D eigenvalue weighted by molar-refractivity contribution is -0.384. The van der Waals surface area contributed by atoms with Crippen molar-refractivity contribution < 1.29 is 96.7 Å². The van der Waals surface area contributed by atoms with Gasteiger partial charge in [-0.2, -0.15) is 0 Å². The van der Waals surface area contributed by atoms with Crippen molar-refractivity contribution >= 4 is 42.1 Å². The third-order valence-electron chi connectivity index (χ3n) is 12.2. The Balaban J connectivity index is 2.08. The molecule has 1 aromatic carbocycles. The van der Waals surface area contributed by atoms with Crippen LogP contribution in [-0.4, -0.2) is 203 Å². The quantitative estimate of drug-likeness (QED) is 0.0196. The van der Waals surface area contributed by atoms with Gasteiger partial charge in [-0.25, -0.2) is 24.0 Å². The second-order valence-corrected chi connectivity index (χ2v) is 24.3. The second kappa shape index (κ2) is 32.8. The van der Waals surface area contributed by atoms with Crippen LogP contribution in [0, 0.1) is 10.1 Å². The van der Waals surface area contributed by atoms with E-state index >= 15 is 0 Å². The summed E-state index contributed by atoms with van der Waals surface area (Å²) >= 11 is 0. The van der Waals surface area contributed by atoms with Gasteiger partial charge in [0.15, 0.2) is 6.29 Å². The highest BCUT2D eigenvalue weighted by Gasteiger charge is 2.51. The molecule has 0 bridgehead atoms. The van der Waals surface area contributed by atoms with E-state index in [1.165, 1.54) is 38.2 Å². The Bertz CT molecular complexity index is 2320. The fourth-order valence-corrected chi connectivity index (χ4v) is 8.17. The summed E-state index contributed by atoms with van der Waals surface area (Å²) < 4.78 is 52.5. The minimum absolute atomic E-state index is 0.144. The lowest BCUT2D eigenvalue weighted by Gasteiger charge is -2.48. The van der Waals surface area contributed by atoms with Gasteiger partial charge in [0, 0.05) is 32.3 Å². The third-order valence-corrected chi connectivity index (χ3v) is 12.2. The van der Waals surface area contributed by atoms with Gasteiger partial charge in [0.2, 0.25) is 12.2 Å². The molecule has 478 valence electrons. The van der Waals surface area contributed by atoms with Gasteiger partial charge < -0.3 is 99.9 Å². The number of nitrogens with zero attached hydrogens (tertiary/aromatic N) is 2. The fourth-order valence-electron chi connectivity index (χ4n) is 8.17. The van der Waals surface area contributed by atoms with Crippen LogP contribution in [0.1, 0.15) is 128 Å². The fraction of sp³-hybridized carbons (Fsp3) is 0.745. The smallest absolute Gasteiger partial charge is 0.410 e. The van der Waals surface area contributed by atoms with Gasteiger partial charge in [0.05, 0.1) is 48.8 Å². The van der Waals surface area contributed by atoms with Crippen molar-refractivity contribution in [1.29, 1.82) is 0 Å². The maximum atomic E-state index is 14.0. The average molecular weight is 1200 g/mol. The molecule has 0 saturated heterocycles. The number of amides is 6. The van der Waals surface area contributed by atoms with Crippen molar-refractivity contribution in [3.63, 3.8) is 0 Å². The van der Waals surface area contributed by atoms with Crippen molar-refractivity contribution in [1.82, 2.24) is 36.8 Å². The predicted molar refractivity (Wildman–Crippen MR) is 301 cm³/mol. The lowest BCUT2D eigenvalue weighted by atomic mass is 9.83. The molecule has 1 heterocycles. The molecule has 11 atom stereocenters. The Labute approximate surface area is 490 Å². The van der Waals surface area contributed by atoms with Crippen molar-refractivity contribution in [3.8, 4) is 0 Å². The number of nitrogens with one attached hydrogen (secondary N) is 6. The summed E-state index contributed by atoms with van der Waals surface area (Å²) in [5.41, 5.74) is -3.18. The zero-order chi connectivity index (χ0) is 63.3. The predicted octanol–water partition coefficient (Wildman–Crippen LogP) is 3.85. The molecule has 0 aromatic heterocycles. The number of unbranched alkanes of at least 4 members (excludes halogenated alkanes) is 1. The van der Waals surface area contributed by atoms with Crippen LogP contribution in [0.2, 0.25) is 0 Å². The topological polar surface area (TPSA) is 385 Å². The van der Waals surface area contributed by atoms with E-state index in [0.717, 1.165) is 4.90 Å². The molecular weight excluding hydrogens is 1110 g/mol. The number of benzene rings is 1. The molecule has 1 aliphatic heterocycles. The summed E-state index contributed by atoms with van der Waals surface area (Å²) in [5, 5.41) is 73.5. The molecule has 3 rings (SSSR count).